The van der Waals surface area contributed by atoms with E-state index in [2.05, 4.69) is 30.8 Å². The van der Waals surface area contributed by atoms with Gasteiger partial charge < -0.3 is 9.88 Å². The number of nitrogens with one attached hydrogen (secondary N) is 1. The molecule has 3 aromatic rings. The molecule has 1 saturated heterocycles. The van der Waals surface area contributed by atoms with E-state index in [9.17, 15) is 9.18 Å². The lowest BCUT2D eigenvalue weighted by molar-refractivity contribution is 0.249. The van der Waals surface area contributed by atoms with E-state index in [1.54, 1.807) is 6.92 Å². The monoisotopic (exact) mass is 395 g/mol. The van der Waals surface area contributed by atoms with E-state index < -0.39 is 5.95 Å². The molecule has 2 aromatic heterocycles. The van der Waals surface area contributed by atoms with Crippen LogP contribution in [0.1, 0.15) is 30.3 Å². The molecule has 1 N–H and O–H groups in total. The highest BCUT2D eigenvalue weighted by Gasteiger charge is 2.20. The van der Waals surface area contributed by atoms with Crippen molar-refractivity contribution in [3.05, 3.63) is 63.6 Å². The Bertz CT molecular complexity index is 1070. The maximum atomic E-state index is 14.1. The summed E-state index contributed by atoms with van der Waals surface area (Å²) in [5.41, 5.74) is 4.50. The van der Waals surface area contributed by atoms with E-state index in [1.165, 1.54) is 0 Å². The highest BCUT2D eigenvalue weighted by Crippen LogP contribution is 2.21. The summed E-state index contributed by atoms with van der Waals surface area (Å²) in [6.45, 7) is 7.82. The Morgan fingerprint density at radius 1 is 1.10 bits per heavy atom. The average Bonchev–Trinajstić information content (AvgIpc) is 2.70. The molecule has 152 valence electrons. The molecular formula is C22H26FN5O. The Morgan fingerprint density at radius 2 is 1.90 bits per heavy atom. The van der Waals surface area contributed by atoms with Gasteiger partial charge in [-0.3, -0.25) is 9.69 Å². The van der Waals surface area contributed by atoms with Gasteiger partial charge in [0.25, 0.3) is 5.56 Å². The van der Waals surface area contributed by atoms with E-state index in [4.69, 9.17) is 0 Å². The summed E-state index contributed by atoms with van der Waals surface area (Å²) in [5.74, 6) is -0.396. The normalized spacial score (nSPS) is 15.2. The second-order valence-electron chi connectivity index (χ2n) is 7.64. The molecule has 1 aliphatic rings. The molecule has 1 aliphatic heterocycles. The quantitative estimate of drug-likeness (QED) is 0.673. The molecule has 4 rings (SSSR count). The van der Waals surface area contributed by atoms with Crippen LogP contribution in [0.4, 0.5) is 10.1 Å². The van der Waals surface area contributed by atoms with Crippen LogP contribution in [0.15, 0.2) is 35.1 Å². The Kier molecular flexibility index (Phi) is 5.58. The van der Waals surface area contributed by atoms with Gasteiger partial charge in [0.05, 0.1) is 16.7 Å². The minimum Gasteiger partial charge on any atom is -0.365 e. The zero-order chi connectivity index (χ0) is 20.4. The number of anilines is 1. The van der Waals surface area contributed by atoms with Gasteiger partial charge in [0.2, 0.25) is 5.95 Å². The lowest BCUT2D eigenvalue weighted by Gasteiger charge is -2.36. The maximum absolute atomic E-state index is 14.1. The second kappa shape index (κ2) is 8.29. The fraction of sp³-hybridized carbons (Fsp3) is 0.409. The third-order valence-corrected chi connectivity index (χ3v) is 5.40. The van der Waals surface area contributed by atoms with Crippen LogP contribution in [0.3, 0.4) is 0 Å². The van der Waals surface area contributed by atoms with Crippen molar-refractivity contribution in [2.24, 2.45) is 0 Å². The van der Waals surface area contributed by atoms with E-state index in [0.29, 0.717) is 23.5 Å². The lowest BCUT2D eigenvalue weighted by atomic mass is 10.1. The van der Waals surface area contributed by atoms with Gasteiger partial charge in [0.1, 0.15) is 5.69 Å². The molecule has 1 fully saturated rings. The van der Waals surface area contributed by atoms with Crippen LogP contribution < -0.4 is 10.5 Å². The third kappa shape index (κ3) is 4.29. The largest absolute Gasteiger partial charge is 0.365 e. The number of fused-ring (bicyclic) bond motifs is 1. The fourth-order valence-electron chi connectivity index (χ4n) is 3.83. The lowest BCUT2D eigenvalue weighted by Crippen LogP contribution is -2.46. The minimum atomic E-state index is -0.396. The number of piperazine rings is 1. The fourth-order valence-corrected chi connectivity index (χ4v) is 3.83. The average molecular weight is 395 g/mol. The van der Waals surface area contributed by atoms with Crippen LogP contribution in [0, 0.1) is 12.9 Å². The summed E-state index contributed by atoms with van der Waals surface area (Å²) in [4.78, 5) is 28.0. The van der Waals surface area contributed by atoms with Gasteiger partial charge in [-0.15, -0.1) is 0 Å². The molecule has 0 bridgehead atoms. The Labute approximate surface area is 169 Å². The number of halogens is 1. The highest BCUT2D eigenvalue weighted by atomic mass is 19.1. The van der Waals surface area contributed by atoms with Crippen LogP contribution in [-0.2, 0) is 13.0 Å². The maximum Gasteiger partial charge on any atom is 0.270 e. The number of pyridine rings is 1. The van der Waals surface area contributed by atoms with E-state index in [-0.39, 0.29) is 5.56 Å². The van der Waals surface area contributed by atoms with Crippen LogP contribution in [-0.4, -0.2) is 46.0 Å². The summed E-state index contributed by atoms with van der Waals surface area (Å²) in [6, 6.07) is 9.71. The first-order chi connectivity index (χ1) is 14.0. The van der Waals surface area contributed by atoms with Crippen LogP contribution in [0.2, 0.25) is 0 Å². The number of rotatable bonds is 5. The van der Waals surface area contributed by atoms with Crippen molar-refractivity contribution in [3.8, 4) is 0 Å². The van der Waals surface area contributed by atoms with Crippen molar-refractivity contribution in [3.63, 3.8) is 0 Å². The minimum absolute atomic E-state index is 0.0983. The van der Waals surface area contributed by atoms with Crippen LogP contribution >= 0.6 is 0 Å². The standard InChI is InChI=1S/C22H26FN5O/c1-3-4-18-22(29)26-19-13-16(6-7-17(19)25-18)14-27-9-11-28(12-10-27)20-8-5-15(2)24-21(20)23/h5-8,13H,3-4,9-12,14H2,1-2H3,(H,26,29). The number of nitrogens with zero attached hydrogens (tertiary/aromatic N) is 4. The Balaban J connectivity index is 1.43. The number of hydrogen-bond acceptors (Lipinski definition) is 5. The van der Waals surface area contributed by atoms with Gasteiger partial charge in [0.15, 0.2) is 0 Å². The van der Waals surface area contributed by atoms with Gasteiger partial charge in [0, 0.05) is 38.4 Å². The summed E-state index contributed by atoms with van der Waals surface area (Å²) < 4.78 is 14.1. The molecule has 1 aromatic carbocycles. The topological polar surface area (TPSA) is 65.1 Å². The summed E-state index contributed by atoms with van der Waals surface area (Å²) >= 11 is 0. The molecule has 0 atom stereocenters. The number of benzene rings is 1. The predicted octanol–water partition coefficient (Wildman–Crippen LogP) is 3.04. The predicted molar refractivity (Wildman–Crippen MR) is 113 cm³/mol. The zero-order valence-electron chi connectivity index (χ0n) is 16.9. The van der Waals surface area contributed by atoms with Crippen molar-refractivity contribution in [2.75, 3.05) is 31.1 Å². The van der Waals surface area contributed by atoms with Gasteiger partial charge in [-0.1, -0.05) is 19.4 Å². The van der Waals surface area contributed by atoms with E-state index in [0.717, 1.165) is 55.7 Å². The SMILES string of the molecule is CCCc1nc2ccc(CN3CCN(c4ccc(C)nc4F)CC3)cc2[nH]c1=O. The zero-order valence-corrected chi connectivity index (χ0v) is 16.9. The molecule has 0 aliphatic carbocycles. The first kappa shape index (κ1) is 19.5. The number of hydrogen-bond donors (Lipinski definition) is 1. The summed E-state index contributed by atoms with van der Waals surface area (Å²) in [7, 11) is 0. The van der Waals surface area contributed by atoms with Gasteiger partial charge in [-0.05, 0) is 43.2 Å². The van der Waals surface area contributed by atoms with Crippen LogP contribution in [0.25, 0.3) is 11.0 Å². The van der Waals surface area contributed by atoms with E-state index in [1.807, 2.05) is 31.2 Å². The molecular weight excluding hydrogens is 369 g/mol. The number of aromatic nitrogens is 3. The number of H-pyrrole nitrogens is 1. The Morgan fingerprint density at radius 3 is 2.62 bits per heavy atom. The molecule has 3 heterocycles. The first-order valence-corrected chi connectivity index (χ1v) is 10.2. The molecule has 6 nitrogen and oxygen atoms in total. The van der Waals surface area contributed by atoms with E-state index >= 15 is 0 Å². The number of aromatic amines is 1. The van der Waals surface area contributed by atoms with Crippen molar-refractivity contribution >= 4 is 16.7 Å². The third-order valence-electron chi connectivity index (χ3n) is 5.40. The van der Waals surface area contributed by atoms with Crippen molar-refractivity contribution in [2.45, 2.75) is 33.2 Å². The first-order valence-electron chi connectivity index (χ1n) is 10.2. The second-order valence-corrected chi connectivity index (χ2v) is 7.64. The van der Waals surface area contributed by atoms with Crippen molar-refractivity contribution in [1.29, 1.82) is 0 Å². The number of aryl methyl sites for hydroxylation is 2. The molecule has 29 heavy (non-hydrogen) atoms. The summed E-state index contributed by atoms with van der Waals surface area (Å²) in [6.07, 6.45) is 1.59. The highest BCUT2D eigenvalue weighted by molar-refractivity contribution is 5.74. The molecule has 0 spiro atoms. The van der Waals surface area contributed by atoms with Gasteiger partial charge in [-0.2, -0.15) is 4.39 Å². The molecule has 0 unspecified atom stereocenters. The molecule has 0 radical (unpaired) electrons. The summed E-state index contributed by atoms with van der Waals surface area (Å²) in [5, 5.41) is 0. The molecule has 0 saturated carbocycles. The van der Waals surface area contributed by atoms with Crippen LogP contribution in [0.5, 0.6) is 0 Å². The van der Waals surface area contributed by atoms with Gasteiger partial charge >= 0.3 is 0 Å². The smallest absolute Gasteiger partial charge is 0.270 e. The molecule has 7 heteroatoms. The van der Waals surface area contributed by atoms with Crippen molar-refractivity contribution in [1.82, 2.24) is 19.9 Å². The molecule has 0 amide bonds. The Hall–Kier alpha value is -2.80. The van der Waals surface area contributed by atoms with Gasteiger partial charge in [-0.25, -0.2) is 9.97 Å². The van der Waals surface area contributed by atoms with Crippen molar-refractivity contribution < 1.29 is 4.39 Å².